The SMILES string of the molecule is COc1ccc(NC(=O)c2ccc3c4c(cccc24)CC3)cn1. The van der Waals surface area contributed by atoms with Crippen molar-refractivity contribution in [3.05, 3.63) is 65.4 Å². The van der Waals surface area contributed by atoms with Crippen LogP contribution < -0.4 is 10.1 Å². The van der Waals surface area contributed by atoms with Crippen molar-refractivity contribution < 1.29 is 9.53 Å². The number of nitrogens with one attached hydrogen (secondary N) is 1. The second kappa shape index (κ2) is 5.39. The first-order valence-electron chi connectivity index (χ1n) is 7.61. The van der Waals surface area contributed by atoms with Crippen molar-refractivity contribution in [3.8, 4) is 5.88 Å². The van der Waals surface area contributed by atoms with Gasteiger partial charge in [-0.05, 0) is 46.9 Å². The Labute approximate surface area is 134 Å². The van der Waals surface area contributed by atoms with Gasteiger partial charge in [0.2, 0.25) is 5.88 Å². The minimum Gasteiger partial charge on any atom is -0.481 e. The zero-order valence-corrected chi connectivity index (χ0v) is 12.8. The van der Waals surface area contributed by atoms with E-state index >= 15 is 0 Å². The molecule has 114 valence electrons. The number of anilines is 1. The lowest BCUT2D eigenvalue weighted by atomic mass is 9.99. The van der Waals surface area contributed by atoms with Crippen LogP contribution in [0.15, 0.2) is 48.7 Å². The fourth-order valence-corrected chi connectivity index (χ4v) is 3.22. The number of pyridine rings is 1. The first-order valence-corrected chi connectivity index (χ1v) is 7.61. The highest BCUT2D eigenvalue weighted by Gasteiger charge is 2.18. The van der Waals surface area contributed by atoms with E-state index in [4.69, 9.17) is 4.74 Å². The van der Waals surface area contributed by atoms with E-state index in [9.17, 15) is 4.79 Å². The van der Waals surface area contributed by atoms with Crippen LogP contribution in [0.5, 0.6) is 5.88 Å². The van der Waals surface area contributed by atoms with E-state index in [2.05, 4.69) is 22.4 Å². The third-order valence-corrected chi connectivity index (χ3v) is 4.32. The molecule has 1 N–H and O–H groups in total. The lowest BCUT2D eigenvalue weighted by Gasteiger charge is -2.10. The lowest BCUT2D eigenvalue weighted by Crippen LogP contribution is -2.12. The van der Waals surface area contributed by atoms with E-state index in [0.717, 1.165) is 18.2 Å². The molecule has 0 aliphatic heterocycles. The fraction of sp³-hybridized carbons (Fsp3) is 0.158. The molecule has 4 rings (SSSR count). The van der Waals surface area contributed by atoms with Gasteiger partial charge in [0.1, 0.15) is 0 Å². The molecule has 1 amide bonds. The van der Waals surface area contributed by atoms with Crippen molar-refractivity contribution in [1.29, 1.82) is 0 Å². The minimum atomic E-state index is -0.118. The van der Waals surface area contributed by atoms with Gasteiger partial charge in [0.15, 0.2) is 0 Å². The summed E-state index contributed by atoms with van der Waals surface area (Å²) >= 11 is 0. The van der Waals surface area contributed by atoms with Crippen LogP contribution in [0, 0.1) is 0 Å². The molecule has 3 aromatic rings. The number of aromatic nitrogens is 1. The molecular weight excluding hydrogens is 288 g/mol. The van der Waals surface area contributed by atoms with Crippen LogP contribution in [0.1, 0.15) is 21.5 Å². The third kappa shape index (κ3) is 2.32. The highest BCUT2D eigenvalue weighted by molar-refractivity contribution is 6.14. The van der Waals surface area contributed by atoms with Gasteiger partial charge in [0.05, 0.1) is 19.0 Å². The van der Waals surface area contributed by atoms with Crippen LogP contribution in [0.2, 0.25) is 0 Å². The smallest absolute Gasteiger partial charge is 0.256 e. The predicted octanol–water partition coefficient (Wildman–Crippen LogP) is 3.59. The number of hydrogen-bond acceptors (Lipinski definition) is 3. The van der Waals surface area contributed by atoms with E-state index in [1.54, 1.807) is 25.4 Å². The molecule has 0 radical (unpaired) electrons. The molecule has 2 aromatic carbocycles. The molecule has 23 heavy (non-hydrogen) atoms. The molecule has 4 nitrogen and oxygen atoms in total. The summed E-state index contributed by atoms with van der Waals surface area (Å²) in [7, 11) is 1.56. The minimum absolute atomic E-state index is 0.118. The molecule has 1 aromatic heterocycles. The molecule has 1 aliphatic rings. The second-order valence-electron chi connectivity index (χ2n) is 5.66. The first kappa shape index (κ1) is 13.8. The number of nitrogens with zero attached hydrogens (tertiary/aromatic N) is 1. The Balaban J connectivity index is 1.70. The standard InChI is InChI=1S/C19H16N2O2/c1-23-17-10-8-14(11-20-17)21-19(22)16-9-7-13-6-5-12-3-2-4-15(16)18(12)13/h2-4,7-11H,5-6H2,1H3,(H,21,22). The zero-order valence-electron chi connectivity index (χ0n) is 12.8. The monoisotopic (exact) mass is 304 g/mol. The Bertz CT molecular complexity index is 891. The molecule has 0 saturated carbocycles. The molecule has 0 saturated heterocycles. The number of benzene rings is 2. The zero-order chi connectivity index (χ0) is 15.8. The van der Waals surface area contributed by atoms with Gasteiger partial charge in [0.25, 0.3) is 5.91 Å². The summed E-state index contributed by atoms with van der Waals surface area (Å²) in [4.78, 5) is 16.8. The summed E-state index contributed by atoms with van der Waals surface area (Å²) in [6, 6.07) is 13.7. The van der Waals surface area contributed by atoms with Crippen molar-refractivity contribution in [2.24, 2.45) is 0 Å². The van der Waals surface area contributed by atoms with Gasteiger partial charge in [-0.25, -0.2) is 4.98 Å². The third-order valence-electron chi connectivity index (χ3n) is 4.32. The van der Waals surface area contributed by atoms with Gasteiger partial charge in [-0.1, -0.05) is 24.3 Å². The number of aryl methyl sites for hydroxylation is 2. The highest BCUT2D eigenvalue weighted by atomic mass is 16.5. The number of carbonyl (C=O) groups is 1. The number of hydrogen-bond donors (Lipinski definition) is 1. The molecule has 4 heteroatoms. The van der Waals surface area contributed by atoms with E-state index < -0.39 is 0 Å². The largest absolute Gasteiger partial charge is 0.481 e. The van der Waals surface area contributed by atoms with E-state index in [-0.39, 0.29) is 5.91 Å². The maximum atomic E-state index is 12.7. The Morgan fingerprint density at radius 1 is 1.09 bits per heavy atom. The van der Waals surface area contributed by atoms with Crippen molar-refractivity contribution in [2.45, 2.75) is 12.8 Å². The molecule has 1 heterocycles. The second-order valence-corrected chi connectivity index (χ2v) is 5.66. The quantitative estimate of drug-likeness (QED) is 0.804. The van der Waals surface area contributed by atoms with Gasteiger partial charge >= 0.3 is 0 Å². The Kier molecular flexibility index (Phi) is 3.23. The average molecular weight is 304 g/mol. The molecule has 0 fully saturated rings. The molecule has 0 spiro atoms. The Morgan fingerprint density at radius 3 is 2.65 bits per heavy atom. The van der Waals surface area contributed by atoms with E-state index in [1.807, 2.05) is 18.2 Å². The first-order chi connectivity index (χ1) is 11.3. The van der Waals surface area contributed by atoms with Crippen LogP contribution in [-0.4, -0.2) is 18.0 Å². The normalized spacial score (nSPS) is 12.4. The van der Waals surface area contributed by atoms with Crippen molar-refractivity contribution in [1.82, 2.24) is 4.98 Å². The lowest BCUT2D eigenvalue weighted by molar-refractivity contribution is 0.102. The van der Waals surface area contributed by atoms with Gasteiger partial charge in [-0.2, -0.15) is 0 Å². The molecule has 0 bridgehead atoms. The van der Waals surface area contributed by atoms with Crippen molar-refractivity contribution >= 4 is 22.4 Å². The summed E-state index contributed by atoms with van der Waals surface area (Å²) in [5.41, 5.74) is 4.01. The topological polar surface area (TPSA) is 51.2 Å². The van der Waals surface area contributed by atoms with Crippen LogP contribution in [0.25, 0.3) is 10.8 Å². The average Bonchev–Trinajstić information content (AvgIpc) is 3.01. The van der Waals surface area contributed by atoms with Crippen LogP contribution in [0.4, 0.5) is 5.69 Å². The number of rotatable bonds is 3. The molecule has 0 atom stereocenters. The number of amides is 1. The fourth-order valence-electron chi connectivity index (χ4n) is 3.22. The number of ether oxygens (including phenoxy) is 1. The van der Waals surface area contributed by atoms with Gasteiger partial charge in [-0.3, -0.25) is 4.79 Å². The number of carbonyl (C=O) groups excluding carboxylic acids is 1. The number of methoxy groups -OCH3 is 1. The maximum Gasteiger partial charge on any atom is 0.256 e. The summed E-state index contributed by atoms with van der Waals surface area (Å²) in [5, 5.41) is 5.17. The molecule has 0 unspecified atom stereocenters. The van der Waals surface area contributed by atoms with Crippen LogP contribution in [-0.2, 0) is 12.8 Å². The molecule has 1 aliphatic carbocycles. The Hall–Kier alpha value is -2.88. The van der Waals surface area contributed by atoms with Crippen molar-refractivity contribution in [3.63, 3.8) is 0 Å². The highest BCUT2D eigenvalue weighted by Crippen LogP contribution is 2.33. The predicted molar refractivity (Wildman–Crippen MR) is 90.1 cm³/mol. The van der Waals surface area contributed by atoms with Gasteiger partial charge in [-0.15, -0.1) is 0 Å². The van der Waals surface area contributed by atoms with E-state index in [0.29, 0.717) is 17.1 Å². The maximum absolute atomic E-state index is 12.7. The van der Waals surface area contributed by atoms with Crippen LogP contribution in [0.3, 0.4) is 0 Å². The Morgan fingerprint density at radius 2 is 1.91 bits per heavy atom. The van der Waals surface area contributed by atoms with Crippen LogP contribution >= 0.6 is 0 Å². The van der Waals surface area contributed by atoms with E-state index in [1.165, 1.54) is 16.5 Å². The van der Waals surface area contributed by atoms with Crippen molar-refractivity contribution in [2.75, 3.05) is 12.4 Å². The molecular formula is C19H16N2O2. The summed E-state index contributed by atoms with van der Waals surface area (Å²) in [5.74, 6) is 0.404. The summed E-state index contributed by atoms with van der Waals surface area (Å²) < 4.78 is 5.03. The summed E-state index contributed by atoms with van der Waals surface area (Å²) in [6.07, 6.45) is 3.71. The van der Waals surface area contributed by atoms with Gasteiger partial charge in [0, 0.05) is 11.6 Å². The summed E-state index contributed by atoms with van der Waals surface area (Å²) in [6.45, 7) is 0. The van der Waals surface area contributed by atoms with Gasteiger partial charge < -0.3 is 10.1 Å².